The van der Waals surface area contributed by atoms with Crippen LogP contribution in [0.4, 0.5) is 0 Å². The van der Waals surface area contributed by atoms with Gasteiger partial charge in [-0.2, -0.15) is 5.10 Å². The Morgan fingerprint density at radius 1 is 1.38 bits per heavy atom. The van der Waals surface area contributed by atoms with Crippen molar-refractivity contribution >= 4 is 37.6 Å². The Labute approximate surface area is 140 Å². The van der Waals surface area contributed by atoms with Gasteiger partial charge in [0, 0.05) is 11.0 Å². The van der Waals surface area contributed by atoms with Crippen molar-refractivity contribution in [1.29, 1.82) is 0 Å². The molecule has 0 radical (unpaired) electrons. The molecule has 6 heteroatoms. The van der Waals surface area contributed by atoms with Gasteiger partial charge < -0.3 is 4.74 Å². The fraction of sp³-hybridized carbons (Fsp3) is 0.333. The molecule has 0 aliphatic rings. The van der Waals surface area contributed by atoms with Gasteiger partial charge in [-0.3, -0.25) is 9.48 Å². The molecule has 0 N–H and O–H groups in total. The van der Waals surface area contributed by atoms with Crippen LogP contribution in [-0.2, 0) is 13.0 Å². The summed E-state index contributed by atoms with van der Waals surface area (Å²) in [5.74, 6) is 0.583. The van der Waals surface area contributed by atoms with E-state index >= 15 is 0 Å². The molecule has 1 aromatic carbocycles. The molecule has 0 spiro atoms. The summed E-state index contributed by atoms with van der Waals surface area (Å²) in [6.45, 7) is 4.66. The maximum atomic E-state index is 12.6. The van der Waals surface area contributed by atoms with E-state index in [1.807, 2.05) is 24.6 Å². The molecule has 21 heavy (non-hydrogen) atoms. The van der Waals surface area contributed by atoms with Gasteiger partial charge in [0.25, 0.3) is 0 Å². The van der Waals surface area contributed by atoms with Crippen LogP contribution in [0, 0.1) is 6.92 Å². The molecule has 1 aromatic heterocycles. The Morgan fingerprint density at radius 2 is 2.10 bits per heavy atom. The Hall–Kier alpha value is -1.14. The molecule has 2 rings (SSSR count). The van der Waals surface area contributed by atoms with Gasteiger partial charge in [-0.05, 0) is 48.0 Å². The second kappa shape index (κ2) is 6.75. The van der Waals surface area contributed by atoms with E-state index in [2.05, 4.69) is 37.0 Å². The molecule has 0 atom stereocenters. The number of rotatable bonds is 5. The van der Waals surface area contributed by atoms with Gasteiger partial charge in [0.1, 0.15) is 5.75 Å². The van der Waals surface area contributed by atoms with E-state index in [0.717, 1.165) is 26.9 Å². The van der Waals surface area contributed by atoms with Crippen molar-refractivity contribution in [2.75, 3.05) is 7.11 Å². The first-order valence-corrected chi connectivity index (χ1v) is 8.15. The first-order valence-electron chi connectivity index (χ1n) is 6.56. The minimum Gasteiger partial charge on any atom is -0.496 e. The van der Waals surface area contributed by atoms with Crippen molar-refractivity contribution in [2.24, 2.45) is 0 Å². The Morgan fingerprint density at radius 3 is 2.71 bits per heavy atom. The van der Waals surface area contributed by atoms with Gasteiger partial charge >= 0.3 is 0 Å². The summed E-state index contributed by atoms with van der Waals surface area (Å²) in [4.78, 5) is 12.6. The molecule has 2 aromatic rings. The summed E-state index contributed by atoms with van der Waals surface area (Å²) in [5, 5.41) is 4.41. The Bertz CT molecular complexity index is 681. The lowest BCUT2D eigenvalue weighted by Gasteiger charge is -2.09. The van der Waals surface area contributed by atoms with Gasteiger partial charge in [-0.25, -0.2) is 0 Å². The Kier molecular flexibility index (Phi) is 5.22. The number of benzene rings is 1. The van der Waals surface area contributed by atoms with Gasteiger partial charge in [0.2, 0.25) is 0 Å². The van der Waals surface area contributed by atoms with Crippen molar-refractivity contribution in [3.05, 3.63) is 44.1 Å². The van der Waals surface area contributed by atoms with Crippen LogP contribution < -0.4 is 4.74 Å². The normalized spacial score (nSPS) is 10.7. The molecule has 4 nitrogen and oxygen atoms in total. The number of Topliss-reactive ketones (excluding diaryl/α,β-unsaturated/α-hetero) is 1. The Balaban J connectivity index is 2.35. The summed E-state index contributed by atoms with van der Waals surface area (Å²) < 4.78 is 8.92. The van der Waals surface area contributed by atoms with Gasteiger partial charge in [-0.1, -0.05) is 15.9 Å². The standard InChI is InChI=1S/C15H16Br2N2O2/c1-4-19-12(15(17)9(2)18-19)8-13(20)11-6-5-10(16)7-14(11)21-3/h5-7H,4,8H2,1-3H3. The molecule has 0 fully saturated rings. The van der Waals surface area contributed by atoms with E-state index in [0.29, 0.717) is 11.3 Å². The summed E-state index contributed by atoms with van der Waals surface area (Å²) in [6, 6.07) is 5.41. The molecule has 0 saturated heterocycles. The number of ether oxygens (including phenoxy) is 1. The first kappa shape index (κ1) is 16.2. The van der Waals surface area contributed by atoms with Crippen LogP contribution in [0.5, 0.6) is 5.75 Å². The molecule has 0 aliphatic heterocycles. The van der Waals surface area contributed by atoms with Crippen LogP contribution in [0.3, 0.4) is 0 Å². The SMILES string of the molecule is CCn1nc(C)c(Br)c1CC(=O)c1ccc(Br)cc1OC. The van der Waals surface area contributed by atoms with E-state index in [1.165, 1.54) is 0 Å². The highest BCUT2D eigenvalue weighted by Gasteiger charge is 2.19. The van der Waals surface area contributed by atoms with Crippen LogP contribution in [0.2, 0.25) is 0 Å². The summed E-state index contributed by atoms with van der Waals surface area (Å²) in [7, 11) is 1.56. The van der Waals surface area contributed by atoms with E-state index in [4.69, 9.17) is 4.74 Å². The minimum absolute atomic E-state index is 0.00894. The molecule has 0 bridgehead atoms. The molecule has 0 aliphatic carbocycles. The van der Waals surface area contributed by atoms with Crippen LogP contribution in [0.15, 0.2) is 27.1 Å². The maximum absolute atomic E-state index is 12.6. The summed E-state index contributed by atoms with van der Waals surface area (Å²) >= 11 is 6.89. The number of methoxy groups -OCH3 is 1. The second-order valence-electron chi connectivity index (χ2n) is 4.61. The van der Waals surface area contributed by atoms with Crippen molar-refractivity contribution in [3.63, 3.8) is 0 Å². The fourth-order valence-electron chi connectivity index (χ4n) is 2.18. The van der Waals surface area contributed by atoms with Crippen LogP contribution in [-0.4, -0.2) is 22.7 Å². The number of nitrogens with zero attached hydrogens (tertiary/aromatic N) is 2. The zero-order valence-corrected chi connectivity index (χ0v) is 15.3. The van der Waals surface area contributed by atoms with Gasteiger partial charge in [0.05, 0.1) is 35.0 Å². The van der Waals surface area contributed by atoms with Crippen molar-refractivity contribution in [1.82, 2.24) is 9.78 Å². The van der Waals surface area contributed by atoms with E-state index < -0.39 is 0 Å². The average Bonchev–Trinajstić information content (AvgIpc) is 2.74. The van der Waals surface area contributed by atoms with E-state index in [1.54, 1.807) is 19.2 Å². The third-order valence-corrected chi connectivity index (χ3v) is 4.77. The monoisotopic (exact) mass is 414 g/mol. The second-order valence-corrected chi connectivity index (χ2v) is 6.32. The lowest BCUT2D eigenvalue weighted by atomic mass is 10.1. The first-order chi connectivity index (χ1) is 9.97. The molecule has 0 unspecified atom stereocenters. The fourth-order valence-corrected chi connectivity index (χ4v) is 2.94. The lowest BCUT2D eigenvalue weighted by molar-refractivity contribution is 0.0987. The molecular formula is C15H16Br2N2O2. The smallest absolute Gasteiger partial charge is 0.172 e. The zero-order chi connectivity index (χ0) is 15.6. The maximum Gasteiger partial charge on any atom is 0.172 e. The third kappa shape index (κ3) is 3.37. The summed E-state index contributed by atoms with van der Waals surface area (Å²) in [5.41, 5.74) is 2.36. The van der Waals surface area contributed by atoms with Crippen LogP contribution in [0.25, 0.3) is 0 Å². The highest BCUT2D eigenvalue weighted by molar-refractivity contribution is 9.10. The number of hydrogen-bond donors (Lipinski definition) is 0. The van der Waals surface area contributed by atoms with Crippen molar-refractivity contribution in [2.45, 2.75) is 26.8 Å². The number of hydrogen-bond acceptors (Lipinski definition) is 3. The predicted molar refractivity (Wildman–Crippen MR) is 89.1 cm³/mol. The highest BCUT2D eigenvalue weighted by atomic mass is 79.9. The highest BCUT2D eigenvalue weighted by Crippen LogP contribution is 2.27. The quantitative estimate of drug-likeness (QED) is 0.688. The number of carbonyl (C=O) groups is 1. The third-order valence-electron chi connectivity index (χ3n) is 3.24. The molecule has 1 heterocycles. The largest absolute Gasteiger partial charge is 0.496 e. The zero-order valence-electron chi connectivity index (χ0n) is 12.1. The van der Waals surface area contributed by atoms with E-state index in [-0.39, 0.29) is 12.2 Å². The number of aromatic nitrogens is 2. The number of halogens is 2. The molecule has 0 saturated carbocycles. The molecular weight excluding hydrogens is 400 g/mol. The van der Waals surface area contributed by atoms with Crippen molar-refractivity contribution < 1.29 is 9.53 Å². The minimum atomic E-state index is 0.00894. The number of aryl methyl sites for hydroxylation is 2. The predicted octanol–water partition coefficient (Wildman–Crippen LogP) is 4.17. The van der Waals surface area contributed by atoms with E-state index in [9.17, 15) is 4.79 Å². The average molecular weight is 416 g/mol. The molecule has 112 valence electrons. The molecule has 0 amide bonds. The van der Waals surface area contributed by atoms with Crippen molar-refractivity contribution in [3.8, 4) is 5.75 Å². The number of carbonyl (C=O) groups excluding carboxylic acids is 1. The number of ketones is 1. The van der Waals surface area contributed by atoms with Gasteiger partial charge in [-0.15, -0.1) is 0 Å². The van der Waals surface area contributed by atoms with Crippen LogP contribution in [0.1, 0.15) is 28.7 Å². The lowest BCUT2D eigenvalue weighted by Crippen LogP contribution is -2.11. The van der Waals surface area contributed by atoms with Crippen LogP contribution >= 0.6 is 31.9 Å². The van der Waals surface area contributed by atoms with Gasteiger partial charge in [0.15, 0.2) is 5.78 Å². The topological polar surface area (TPSA) is 44.1 Å². The summed E-state index contributed by atoms with van der Waals surface area (Å²) in [6.07, 6.45) is 0.285.